The molecule has 32 heavy (non-hydrogen) atoms. The molecule has 0 radical (unpaired) electrons. The summed E-state index contributed by atoms with van der Waals surface area (Å²) in [6.45, 7) is 4.81. The molecule has 1 N–H and O–H groups in total. The highest BCUT2D eigenvalue weighted by Crippen LogP contribution is 2.44. The van der Waals surface area contributed by atoms with Crippen molar-refractivity contribution in [1.29, 1.82) is 0 Å². The third-order valence-corrected chi connectivity index (χ3v) is 8.55. The van der Waals surface area contributed by atoms with Gasteiger partial charge in [-0.15, -0.1) is 0 Å². The lowest BCUT2D eigenvalue weighted by Gasteiger charge is -2.40. The Hall–Kier alpha value is -2.48. The third kappa shape index (κ3) is 3.31. The van der Waals surface area contributed by atoms with Crippen LogP contribution in [0.1, 0.15) is 69.7 Å². The van der Waals surface area contributed by atoms with Crippen LogP contribution in [0.3, 0.4) is 0 Å². The SMILES string of the molecule is CC1CCCC(n2c3c(c4ccccc42)CC(NC2=CC=CC4(C)C=CCCC24)C=C3)C1. The number of hydrogen-bond donors (Lipinski definition) is 1. The Bertz CT molecular complexity index is 1140. The van der Waals surface area contributed by atoms with E-state index in [1.54, 1.807) is 0 Å². The van der Waals surface area contributed by atoms with Crippen LogP contribution in [-0.2, 0) is 6.42 Å². The van der Waals surface area contributed by atoms with E-state index >= 15 is 0 Å². The second-order valence-electron chi connectivity index (χ2n) is 10.9. The lowest BCUT2D eigenvalue weighted by Crippen LogP contribution is -2.39. The van der Waals surface area contributed by atoms with Crippen molar-refractivity contribution in [2.45, 2.75) is 70.9 Å². The summed E-state index contributed by atoms with van der Waals surface area (Å²) in [6.07, 6.45) is 25.5. The molecule has 0 saturated heterocycles. The maximum atomic E-state index is 3.96. The van der Waals surface area contributed by atoms with E-state index in [0.717, 1.165) is 12.3 Å². The average molecular weight is 425 g/mol. The van der Waals surface area contributed by atoms with Crippen molar-refractivity contribution in [3.8, 4) is 0 Å². The van der Waals surface area contributed by atoms with Crippen molar-refractivity contribution in [3.05, 3.63) is 77.7 Å². The molecule has 4 aliphatic rings. The second kappa shape index (κ2) is 7.83. The van der Waals surface area contributed by atoms with Crippen LogP contribution in [0.25, 0.3) is 17.0 Å². The Kier molecular flexibility index (Phi) is 4.93. The summed E-state index contributed by atoms with van der Waals surface area (Å²) in [4.78, 5) is 0. The number of benzene rings is 1. The molecule has 2 aromatic rings. The molecule has 6 rings (SSSR count). The quantitative estimate of drug-likeness (QED) is 0.510. The van der Waals surface area contributed by atoms with E-state index in [1.165, 1.54) is 66.4 Å². The van der Waals surface area contributed by atoms with Gasteiger partial charge in [0.2, 0.25) is 0 Å². The molecular formula is C30H36N2. The van der Waals surface area contributed by atoms with Crippen molar-refractivity contribution in [2.24, 2.45) is 17.3 Å². The fraction of sp³-hybridized carbons (Fsp3) is 0.467. The number of allylic oxidation sites excluding steroid dienone is 6. The molecule has 5 unspecified atom stereocenters. The molecule has 1 aromatic heterocycles. The predicted octanol–water partition coefficient (Wildman–Crippen LogP) is 7.35. The lowest BCUT2D eigenvalue weighted by molar-refractivity contribution is 0.286. The van der Waals surface area contributed by atoms with E-state index in [-0.39, 0.29) is 5.41 Å². The number of rotatable bonds is 3. The van der Waals surface area contributed by atoms with Crippen molar-refractivity contribution >= 4 is 17.0 Å². The second-order valence-corrected chi connectivity index (χ2v) is 10.9. The van der Waals surface area contributed by atoms with Gasteiger partial charge in [0, 0.05) is 45.7 Å². The first kappa shape index (κ1) is 20.1. The maximum Gasteiger partial charge on any atom is 0.0490 e. The molecule has 4 aliphatic carbocycles. The zero-order chi connectivity index (χ0) is 21.7. The molecule has 0 bridgehead atoms. The van der Waals surface area contributed by atoms with Gasteiger partial charge in [-0.2, -0.15) is 0 Å². The fourth-order valence-corrected chi connectivity index (χ4v) is 6.90. The van der Waals surface area contributed by atoms with Crippen molar-refractivity contribution in [3.63, 3.8) is 0 Å². The highest BCUT2D eigenvalue weighted by atomic mass is 15.0. The molecule has 5 atom stereocenters. The number of fused-ring (bicyclic) bond motifs is 4. The van der Waals surface area contributed by atoms with Gasteiger partial charge >= 0.3 is 0 Å². The Morgan fingerprint density at radius 1 is 1.09 bits per heavy atom. The zero-order valence-electron chi connectivity index (χ0n) is 19.6. The van der Waals surface area contributed by atoms with Crippen LogP contribution in [0.5, 0.6) is 0 Å². The first-order chi connectivity index (χ1) is 15.6. The fourth-order valence-electron chi connectivity index (χ4n) is 6.90. The Labute approximate surface area is 192 Å². The first-order valence-corrected chi connectivity index (χ1v) is 12.8. The van der Waals surface area contributed by atoms with Crippen LogP contribution < -0.4 is 5.32 Å². The van der Waals surface area contributed by atoms with Gasteiger partial charge in [-0.25, -0.2) is 0 Å². The van der Waals surface area contributed by atoms with Gasteiger partial charge in [0.25, 0.3) is 0 Å². The standard InChI is InChI=1S/C30H36N2/c1-21-9-7-10-23(19-21)32-28-14-4-3-11-24(28)25-20-22(15-16-29(25)32)31-27-13-8-18-30(2)17-6-5-12-26(27)30/h3-4,6,8,11,13-18,21-23,26,31H,5,7,9-10,12,19-20H2,1-2H3. The Balaban J connectivity index is 1.32. The molecule has 1 heterocycles. The molecule has 0 amide bonds. The summed E-state index contributed by atoms with van der Waals surface area (Å²) in [5.74, 6) is 1.40. The monoisotopic (exact) mass is 424 g/mol. The zero-order valence-corrected chi connectivity index (χ0v) is 19.6. The van der Waals surface area contributed by atoms with E-state index < -0.39 is 0 Å². The minimum Gasteiger partial charge on any atom is -0.382 e. The number of nitrogens with one attached hydrogen (secondary N) is 1. The van der Waals surface area contributed by atoms with Crippen LogP contribution in [0.2, 0.25) is 0 Å². The smallest absolute Gasteiger partial charge is 0.0490 e. The summed E-state index contributed by atoms with van der Waals surface area (Å²) in [5, 5.41) is 5.42. The summed E-state index contributed by atoms with van der Waals surface area (Å²) < 4.78 is 2.69. The molecule has 2 heteroatoms. The molecular weight excluding hydrogens is 388 g/mol. The highest BCUT2D eigenvalue weighted by Gasteiger charge is 2.36. The largest absolute Gasteiger partial charge is 0.382 e. The van der Waals surface area contributed by atoms with Crippen LogP contribution in [-0.4, -0.2) is 10.6 Å². The molecule has 1 saturated carbocycles. The van der Waals surface area contributed by atoms with Gasteiger partial charge in [-0.3, -0.25) is 0 Å². The predicted molar refractivity (Wildman–Crippen MR) is 135 cm³/mol. The number of hydrogen-bond acceptors (Lipinski definition) is 1. The van der Waals surface area contributed by atoms with Gasteiger partial charge in [-0.05, 0) is 61.8 Å². The van der Waals surface area contributed by atoms with E-state index in [2.05, 4.69) is 90.5 Å². The van der Waals surface area contributed by atoms with E-state index in [4.69, 9.17) is 0 Å². The Morgan fingerprint density at radius 3 is 2.91 bits per heavy atom. The summed E-state index contributed by atoms with van der Waals surface area (Å²) in [5.41, 5.74) is 6.02. The minimum absolute atomic E-state index is 0.159. The molecule has 0 aliphatic heterocycles. The third-order valence-electron chi connectivity index (χ3n) is 8.55. The molecule has 0 spiro atoms. The first-order valence-electron chi connectivity index (χ1n) is 12.8. The van der Waals surface area contributed by atoms with E-state index in [1.807, 2.05) is 0 Å². The Morgan fingerprint density at radius 2 is 2.00 bits per heavy atom. The molecule has 1 fully saturated rings. The normalized spacial score (nSPS) is 33.6. The average Bonchev–Trinajstić information content (AvgIpc) is 3.13. The minimum atomic E-state index is 0.159. The van der Waals surface area contributed by atoms with Crippen molar-refractivity contribution < 1.29 is 0 Å². The number of aromatic nitrogens is 1. The van der Waals surface area contributed by atoms with Gasteiger partial charge < -0.3 is 9.88 Å². The van der Waals surface area contributed by atoms with E-state index in [9.17, 15) is 0 Å². The summed E-state index contributed by atoms with van der Waals surface area (Å²) in [6, 6.07) is 10.1. The summed E-state index contributed by atoms with van der Waals surface area (Å²) in [7, 11) is 0. The van der Waals surface area contributed by atoms with Crippen LogP contribution in [0.4, 0.5) is 0 Å². The highest BCUT2D eigenvalue weighted by molar-refractivity contribution is 5.89. The van der Waals surface area contributed by atoms with Crippen molar-refractivity contribution in [2.75, 3.05) is 0 Å². The topological polar surface area (TPSA) is 17.0 Å². The van der Waals surface area contributed by atoms with Gasteiger partial charge in [0.05, 0.1) is 0 Å². The van der Waals surface area contributed by atoms with Crippen LogP contribution in [0.15, 0.2) is 66.4 Å². The van der Waals surface area contributed by atoms with E-state index in [0.29, 0.717) is 18.0 Å². The van der Waals surface area contributed by atoms with Gasteiger partial charge in [-0.1, -0.05) is 75.3 Å². The maximum absolute atomic E-state index is 3.96. The van der Waals surface area contributed by atoms with Crippen LogP contribution >= 0.6 is 0 Å². The molecule has 166 valence electrons. The molecule has 1 aromatic carbocycles. The summed E-state index contributed by atoms with van der Waals surface area (Å²) >= 11 is 0. The van der Waals surface area contributed by atoms with Crippen LogP contribution in [0, 0.1) is 17.3 Å². The molecule has 2 nitrogen and oxygen atoms in total. The lowest BCUT2D eigenvalue weighted by atomic mass is 9.67. The van der Waals surface area contributed by atoms with Gasteiger partial charge in [0.1, 0.15) is 0 Å². The van der Waals surface area contributed by atoms with Crippen molar-refractivity contribution in [1.82, 2.24) is 9.88 Å². The van der Waals surface area contributed by atoms with Gasteiger partial charge in [0.15, 0.2) is 0 Å². The number of para-hydroxylation sites is 1. The number of nitrogens with zero attached hydrogens (tertiary/aromatic N) is 1.